The summed E-state index contributed by atoms with van der Waals surface area (Å²) >= 11 is 0. The molecule has 0 radical (unpaired) electrons. The Labute approximate surface area is 111 Å². The van der Waals surface area contributed by atoms with Crippen molar-refractivity contribution in [3.05, 3.63) is 34.9 Å². The van der Waals surface area contributed by atoms with Gasteiger partial charge in [0.15, 0.2) is 23.3 Å². The zero-order chi connectivity index (χ0) is 15.4. The minimum Gasteiger partial charge on any atom is -0.466 e. The number of aliphatic hydroxyl groups is 2. The summed E-state index contributed by atoms with van der Waals surface area (Å²) in [5.41, 5.74) is -1.38. The van der Waals surface area contributed by atoms with Gasteiger partial charge in [0, 0.05) is 6.07 Å². The number of hydrogen-bond acceptors (Lipinski definition) is 4. The second-order valence-corrected chi connectivity index (χ2v) is 3.90. The van der Waals surface area contributed by atoms with E-state index in [2.05, 4.69) is 4.74 Å². The van der Waals surface area contributed by atoms with Crippen LogP contribution in [-0.2, 0) is 9.53 Å². The zero-order valence-electron chi connectivity index (χ0n) is 10.4. The third-order valence-corrected chi connectivity index (χ3v) is 2.49. The molecule has 1 rings (SSSR count). The summed E-state index contributed by atoms with van der Waals surface area (Å²) in [5, 5.41) is 19.0. The largest absolute Gasteiger partial charge is 0.466 e. The van der Waals surface area contributed by atoms with Gasteiger partial charge in [0.2, 0.25) is 0 Å². The fourth-order valence-electron chi connectivity index (χ4n) is 1.55. The summed E-state index contributed by atoms with van der Waals surface area (Å²) in [6, 6.07) is -0.0292. The van der Waals surface area contributed by atoms with Gasteiger partial charge in [0.05, 0.1) is 24.7 Å². The number of ether oxygens (including phenoxy) is 1. The predicted molar refractivity (Wildman–Crippen MR) is 58.5 cm³/mol. The minimum atomic E-state index is -2.32. The fraction of sp³-hybridized carbons (Fsp3) is 0.417. The standard InChI is InChI=1S/C12H12F4O4/c1-2-20-8(18)4-7(17)12(19)9-10(15)5(13)3-6(14)11(9)16/h3,7,12,17,19H,2,4H2,1H3. The summed E-state index contributed by atoms with van der Waals surface area (Å²) < 4.78 is 57.1. The number of aliphatic hydroxyl groups excluding tert-OH is 2. The van der Waals surface area contributed by atoms with Crippen LogP contribution in [0.2, 0.25) is 0 Å². The molecule has 1 aromatic carbocycles. The van der Waals surface area contributed by atoms with Crippen molar-refractivity contribution in [3.63, 3.8) is 0 Å². The fourth-order valence-corrected chi connectivity index (χ4v) is 1.55. The third kappa shape index (κ3) is 3.45. The molecule has 0 amide bonds. The molecule has 2 unspecified atom stereocenters. The average molecular weight is 296 g/mol. The molecule has 112 valence electrons. The molecular formula is C12H12F4O4. The molecule has 1 aromatic rings. The van der Waals surface area contributed by atoms with Crippen molar-refractivity contribution < 1.29 is 37.3 Å². The van der Waals surface area contributed by atoms with Gasteiger partial charge in [-0.3, -0.25) is 4.79 Å². The third-order valence-electron chi connectivity index (χ3n) is 2.49. The predicted octanol–water partition coefficient (Wildman–Crippen LogP) is 1.59. The molecule has 0 aliphatic carbocycles. The smallest absolute Gasteiger partial charge is 0.308 e. The topological polar surface area (TPSA) is 66.8 Å². The summed E-state index contributed by atoms with van der Waals surface area (Å²) in [5.74, 6) is -8.04. The first kappa shape index (κ1) is 16.4. The molecule has 2 N–H and O–H groups in total. The SMILES string of the molecule is CCOC(=O)CC(O)C(O)c1c(F)c(F)cc(F)c1F. The maximum Gasteiger partial charge on any atom is 0.308 e. The number of benzene rings is 1. The van der Waals surface area contributed by atoms with Crippen LogP contribution >= 0.6 is 0 Å². The first-order valence-corrected chi connectivity index (χ1v) is 5.64. The Morgan fingerprint density at radius 2 is 1.70 bits per heavy atom. The molecule has 0 aliphatic heterocycles. The van der Waals surface area contributed by atoms with E-state index in [0.717, 1.165) is 0 Å². The molecule has 0 fully saturated rings. The molecule has 20 heavy (non-hydrogen) atoms. The lowest BCUT2D eigenvalue weighted by atomic mass is 10.0. The van der Waals surface area contributed by atoms with Crippen LogP contribution in [-0.4, -0.2) is 28.9 Å². The molecule has 8 heteroatoms. The maximum atomic E-state index is 13.4. The van der Waals surface area contributed by atoms with Gasteiger partial charge in [0.1, 0.15) is 6.10 Å². The van der Waals surface area contributed by atoms with E-state index in [-0.39, 0.29) is 12.7 Å². The normalized spacial score (nSPS) is 13.9. The summed E-state index contributed by atoms with van der Waals surface area (Å²) in [4.78, 5) is 11.1. The first-order valence-electron chi connectivity index (χ1n) is 5.64. The van der Waals surface area contributed by atoms with Gasteiger partial charge in [-0.1, -0.05) is 0 Å². The molecule has 0 heterocycles. The van der Waals surface area contributed by atoms with E-state index in [4.69, 9.17) is 0 Å². The van der Waals surface area contributed by atoms with Crippen LogP contribution in [0.25, 0.3) is 0 Å². The second-order valence-electron chi connectivity index (χ2n) is 3.90. The van der Waals surface area contributed by atoms with Crippen molar-refractivity contribution in [2.24, 2.45) is 0 Å². The van der Waals surface area contributed by atoms with Crippen LogP contribution in [0.4, 0.5) is 17.6 Å². The number of carbonyl (C=O) groups is 1. The molecule has 0 saturated carbocycles. The number of carbonyl (C=O) groups excluding carboxylic acids is 1. The Morgan fingerprint density at radius 3 is 2.15 bits per heavy atom. The number of halogens is 4. The van der Waals surface area contributed by atoms with E-state index in [1.165, 1.54) is 6.92 Å². The van der Waals surface area contributed by atoms with Crippen LogP contribution in [0, 0.1) is 23.3 Å². The number of hydrogen-bond donors (Lipinski definition) is 2. The van der Waals surface area contributed by atoms with Crippen molar-refractivity contribution in [1.29, 1.82) is 0 Å². The molecule has 4 nitrogen and oxygen atoms in total. The molecule has 0 aromatic heterocycles. The highest BCUT2D eigenvalue weighted by molar-refractivity contribution is 5.70. The highest BCUT2D eigenvalue weighted by atomic mass is 19.2. The second kappa shape index (κ2) is 6.67. The van der Waals surface area contributed by atoms with Crippen LogP contribution in [0.1, 0.15) is 25.0 Å². The lowest BCUT2D eigenvalue weighted by Crippen LogP contribution is -2.25. The van der Waals surface area contributed by atoms with Gasteiger partial charge in [-0.15, -0.1) is 0 Å². The maximum absolute atomic E-state index is 13.4. The van der Waals surface area contributed by atoms with E-state index >= 15 is 0 Å². The molecule has 0 bridgehead atoms. The highest BCUT2D eigenvalue weighted by Gasteiger charge is 2.30. The Balaban J connectivity index is 3.03. The van der Waals surface area contributed by atoms with E-state index in [0.29, 0.717) is 0 Å². The molecular weight excluding hydrogens is 284 g/mol. The van der Waals surface area contributed by atoms with Crippen molar-refractivity contribution in [1.82, 2.24) is 0 Å². The number of rotatable bonds is 5. The molecule has 0 saturated heterocycles. The van der Waals surface area contributed by atoms with Crippen molar-refractivity contribution in [2.45, 2.75) is 25.6 Å². The van der Waals surface area contributed by atoms with E-state index in [9.17, 15) is 32.6 Å². The molecule has 0 aliphatic rings. The molecule has 2 atom stereocenters. The summed E-state index contributed by atoms with van der Waals surface area (Å²) in [6.07, 6.45) is -5.07. The van der Waals surface area contributed by atoms with E-state index in [1.807, 2.05) is 0 Å². The Kier molecular flexibility index (Phi) is 5.46. The van der Waals surface area contributed by atoms with Gasteiger partial charge >= 0.3 is 5.97 Å². The van der Waals surface area contributed by atoms with E-state index < -0.39 is 53.4 Å². The van der Waals surface area contributed by atoms with E-state index in [1.54, 1.807) is 0 Å². The quantitative estimate of drug-likeness (QED) is 0.492. The lowest BCUT2D eigenvalue weighted by Gasteiger charge is -2.19. The summed E-state index contributed by atoms with van der Waals surface area (Å²) in [6.45, 7) is 1.49. The average Bonchev–Trinajstić information content (AvgIpc) is 2.36. The number of esters is 1. The van der Waals surface area contributed by atoms with Crippen molar-refractivity contribution in [2.75, 3.05) is 6.61 Å². The van der Waals surface area contributed by atoms with Gasteiger partial charge in [-0.25, -0.2) is 17.6 Å². The highest BCUT2D eigenvalue weighted by Crippen LogP contribution is 2.28. The Bertz CT molecular complexity index is 480. The lowest BCUT2D eigenvalue weighted by molar-refractivity contribution is -0.147. The Morgan fingerprint density at radius 1 is 1.20 bits per heavy atom. The van der Waals surface area contributed by atoms with Crippen LogP contribution < -0.4 is 0 Å². The minimum absolute atomic E-state index is 0.00103. The van der Waals surface area contributed by atoms with Crippen LogP contribution in [0.15, 0.2) is 6.07 Å². The van der Waals surface area contributed by atoms with Crippen molar-refractivity contribution in [3.8, 4) is 0 Å². The first-order chi connectivity index (χ1) is 9.29. The van der Waals surface area contributed by atoms with Gasteiger partial charge in [0.25, 0.3) is 0 Å². The monoisotopic (exact) mass is 296 g/mol. The summed E-state index contributed by atoms with van der Waals surface area (Å²) in [7, 11) is 0. The zero-order valence-corrected chi connectivity index (χ0v) is 10.4. The molecule has 0 spiro atoms. The Hall–Kier alpha value is -1.67. The van der Waals surface area contributed by atoms with Crippen molar-refractivity contribution >= 4 is 5.97 Å². The van der Waals surface area contributed by atoms with Crippen LogP contribution in [0.3, 0.4) is 0 Å². The van der Waals surface area contributed by atoms with Gasteiger partial charge in [-0.05, 0) is 6.92 Å². The van der Waals surface area contributed by atoms with Gasteiger partial charge in [-0.2, -0.15) is 0 Å². The van der Waals surface area contributed by atoms with Gasteiger partial charge < -0.3 is 14.9 Å². The van der Waals surface area contributed by atoms with Crippen LogP contribution in [0.5, 0.6) is 0 Å².